The number of piperidine rings is 1. The van der Waals surface area contributed by atoms with Crippen LogP contribution in [0.25, 0.3) is 0 Å². The van der Waals surface area contributed by atoms with Crippen LogP contribution in [-0.2, 0) is 13.0 Å². The van der Waals surface area contributed by atoms with Crippen molar-refractivity contribution in [2.45, 2.75) is 51.0 Å². The van der Waals surface area contributed by atoms with Crippen molar-refractivity contribution in [2.24, 2.45) is 0 Å². The van der Waals surface area contributed by atoms with Gasteiger partial charge in [-0.2, -0.15) is 0 Å². The predicted octanol–water partition coefficient (Wildman–Crippen LogP) is 1.99. The first-order chi connectivity index (χ1) is 9.42. The van der Waals surface area contributed by atoms with Gasteiger partial charge in [0.15, 0.2) is 0 Å². The monoisotopic (exact) mass is 258 g/mol. The summed E-state index contributed by atoms with van der Waals surface area (Å²) < 4.78 is 0. The molecule has 0 bridgehead atoms. The Morgan fingerprint density at radius 1 is 1.05 bits per heavy atom. The van der Waals surface area contributed by atoms with Gasteiger partial charge >= 0.3 is 0 Å². The third-order valence-corrected chi connectivity index (χ3v) is 4.56. The van der Waals surface area contributed by atoms with Crippen LogP contribution in [0, 0.1) is 0 Å². The van der Waals surface area contributed by atoms with E-state index in [-0.39, 0.29) is 0 Å². The van der Waals surface area contributed by atoms with Crippen molar-refractivity contribution in [1.29, 1.82) is 0 Å². The third kappa shape index (κ3) is 2.22. The number of fused-ring (bicyclic) bond motifs is 1. The zero-order valence-corrected chi connectivity index (χ0v) is 11.5. The summed E-state index contributed by atoms with van der Waals surface area (Å²) in [4.78, 5) is 12.2. The Balaban J connectivity index is 1.72. The van der Waals surface area contributed by atoms with Crippen molar-refractivity contribution < 1.29 is 0 Å². The van der Waals surface area contributed by atoms with Crippen LogP contribution in [0.5, 0.6) is 0 Å². The zero-order valence-electron chi connectivity index (χ0n) is 11.5. The highest BCUT2D eigenvalue weighted by Crippen LogP contribution is 2.42. The van der Waals surface area contributed by atoms with Crippen LogP contribution >= 0.6 is 0 Å². The molecule has 0 aromatic carbocycles. The highest BCUT2D eigenvalue weighted by Gasteiger charge is 2.31. The van der Waals surface area contributed by atoms with Gasteiger partial charge in [0.2, 0.25) is 5.95 Å². The number of hydrogen-bond acceptors (Lipinski definition) is 4. The smallest absolute Gasteiger partial charge is 0.225 e. The molecule has 0 spiro atoms. The molecule has 0 amide bonds. The van der Waals surface area contributed by atoms with Gasteiger partial charge in [-0.15, -0.1) is 0 Å². The Hall–Kier alpha value is -1.16. The maximum Gasteiger partial charge on any atom is 0.225 e. The fraction of sp³-hybridized carbons (Fsp3) is 0.733. The lowest BCUT2D eigenvalue weighted by molar-refractivity contribution is 0.559. The molecule has 0 atom stereocenters. The summed E-state index contributed by atoms with van der Waals surface area (Å²) in [5, 5.41) is 3.47. The standard InChI is InChI=1S/C15H22N4/c1-2-8-19(9-3-1)15-17-13-6-7-16-10-12(13)14(18-15)11-4-5-11/h11,16H,1-10H2. The minimum atomic E-state index is 0.722. The number of hydrogen-bond donors (Lipinski definition) is 1. The van der Waals surface area contributed by atoms with E-state index in [9.17, 15) is 0 Å². The van der Waals surface area contributed by atoms with Gasteiger partial charge in [0.25, 0.3) is 0 Å². The van der Waals surface area contributed by atoms with Crippen molar-refractivity contribution >= 4 is 5.95 Å². The van der Waals surface area contributed by atoms with Gasteiger partial charge in [0.1, 0.15) is 0 Å². The maximum absolute atomic E-state index is 4.95. The minimum Gasteiger partial charge on any atom is -0.341 e. The number of aromatic nitrogens is 2. The first-order valence-corrected chi connectivity index (χ1v) is 7.77. The number of rotatable bonds is 2. The van der Waals surface area contributed by atoms with Crippen LogP contribution in [0.2, 0.25) is 0 Å². The molecular formula is C15H22N4. The molecule has 0 unspecified atom stereocenters. The van der Waals surface area contributed by atoms with Gasteiger partial charge in [-0.25, -0.2) is 9.97 Å². The average Bonchev–Trinajstić information content (AvgIpc) is 3.32. The van der Waals surface area contributed by atoms with E-state index in [1.165, 1.54) is 49.1 Å². The van der Waals surface area contributed by atoms with Crippen LogP contribution in [0.15, 0.2) is 0 Å². The molecule has 19 heavy (non-hydrogen) atoms. The van der Waals surface area contributed by atoms with Gasteiger partial charge < -0.3 is 10.2 Å². The van der Waals surface area contributed by atoms with Crippen molar-refractivity contribution in [3.8, 4) is 0 Å². The number of nitrogens with zero attached hydrogens (tertiary/aromatic N) is 3. The molecule has 1 saturated carbocycles. The Labute approximate surface area is 114 Å². The molecule has 4 heteroatoms. The van der Waals surface area contributed by atoms with Gasteiger partial charge in [0.05, 0.1) is 11.4 Å². The molecule has 1 aliphatic carbocycles. The summed E-state index contributed by atoms with van der Waals surface area (Å²) in [5.41, 5.74) is 4.09. The van der Waals surface area contributed by atoms with Crippen LogP contribution in [0.4, 0.5) is 5.95 Å². The summed E-state index contributed by atoms with van der Waals surface area (Å²) in [6, 6.07) is 0. The molecule has 4 rings (SSSR count). The molecule has 102 valence electrons. The quantitative estimate of drug-likeness (QED) is 0.881. The van der Waals surface area contributed by atoms with Crippen molar-refractivity contribution in [3.05, 3.63) is 17.0 Å². The second-order valence-corrected chi connectivity index (χ2v) is 6.08. The fourth-order valence-corrected chi connectivity index (χ4v) is 3.29. The van der Waals surface area contributed by atoms with E-state index in [0.717, 1.165) is 44.5 Å². The molecule has 3 aliphatic rings. The summed E-state index contributed by atoms with van der Waals surface area (Å²) in [6.45, 7) is 4.32. The van der Waals surface area contributed by atoms with Crippen LogP contribution in [0.1, 0.15) is 55.0 Å². The minimum absolute atomic E-state index is 0.722. The van der Waals surface area contributed by atoms with Crippen LogP contribution in [0.3, 0.4) is 0 Å². The third-order valence-electron chi connectivity index (χ3n) is 4.56. The van der Waals surface area contributed by atoms with E-state index in [2.05, 4.69) is 10.2 Å². The van der Waals surface area contributed by atoms with Gasteiger partial charge in [-0.05, 0) is 32.1 Å². The first kappa shape index (κ1) is 11.6. The van der Waals surface area contributed by atoms with Crippen molar-refractivity contribution in [1.82, 2.24) is 15.3 Å². The summed E-state index contributed by atoms with van der Waals surface area (Å²) >= 11 is 0. The average molecular weight is 258 g/mol. The molecular weight excluding hydrogens is 236 g/mol. The molecule has 4 nitrogen and oxygen atoms in total. The predicted molar refractivity (Wildman–Crippen MR) is 75.5 cm³/mol. The SMILES string of the molecule is C1CCN(c2nc3c(c(C4CC4)n2)CNCC3)CC1. The Kier molecular flexibility index (Phi) is 2.91. The van der Waals surface area contributed by atoms with E-state index in [4.69, 9.17) is 9.97 Å². The molecule has 2 aliphatic heterocycles. The van der Waals surface area contributed by atoms with E-state index in [1.54, 1.807) is 0 Å². The van der Waals surface area contributed by atoms with E-state index in [1.807, 2.05) is 0 Å². The lowest BCUT2D eigenvalue weighted by atomic mass is 10.0. The molecule has 3 heterocycles. The number of anilines is 1. The van der Waals surface area contributed by atoms with E-state index >= 15 is 0 Å². The Morgan fingerprint density at radius 2 is 1.89 bits per heavy atom. The van der Waals surface area contributed by atoms with Gasteiger partial charge in [-0.3, -0.25) is 0 Å². The first-order valence-electron chi connectivity index (χ1n) is 7.77. The van der Waals surface area contributed by atoms with Crippen LogP contribution < -0.4 is 10.2 Å². The lowest BCUT2D eigenvalue weighted by Gasteiger charge is -2.29. The molecule has 1 aromatic heterocycles. The summed E-state index contributed by atoms with van der Waals surface area (Å²) in [6.07, 6.45) is 7.66. The lowest BCUT2D eigenvalue weighted by Crippen LogP contribution is -2.33. The van der Waals surface area contributed by atoms with Crippen molar-refractivity contribution in [2.75, 3.05) is 24.5 Å². The summed E-state index contributed by atoms with van der Waals surface area (Å²) in [7, 11) is 0. The maximum atomic E-state index is 4.95. The molecule has 1 saturated heterocycles. The Bertz CT molecular complexity index is 475. The highest BCUT2D eigenvalue weighted by atomic mass is 15.3. The molecule has 2 fully saturated rings. The topological polar surface area (TPSA) is 41.1 Å². The number of nitrogens with one attached hydrogen (secondary N) is 1. The zero-order chi connectivity index (χ0) is 12.7. The summed E-state index contributed by atoms with van der Waals surface area (Å²) in [5.74, 6) is 1.74. The van der Waals surface area contributed by atoms with E-state index < -0.39 is 0 Å². The van der Waals surface area contributed by atoms with Gasteiger partial charge in [0, 0.05) is 44.1 Å². The van der Waals surface area contributed by atoms with E-state index in [0.29, 0.717) is 0 Å². The second-order valence-electron chi connectivity index (χ2n) is 6.08. The highest BCUT2D eigenvalue weighted by molar-refractivity contribution is 5.41. The molecule has 1 aromatic rings. The van der Waals surface area contributed by atoms with Crippen molar-refractivity contribution in [3.63, 3.8) is 0 Å². The van der Waals surface area contributed by atoms with Crippen LogP contribution in [-0.4, -0.2) is 29.6 Å². The normalized spacial score (nSPS) is 23.3. The largest absolute Gasteiger partial charge is 0.341 e. The van der Waals surface area contributed by atoms with Gasteiger partial charge in [-0.1, -0.05) is 0 Å². The molecule has 1 N–H and O–H groups in total. The second kappa shape index (κ2) is 4.75. The Morgan fingerprint density at radius 3 is 2.68 bits per heavy atom. The molecule has 0 radical (unpaired) electrons. The fourth-order valence-electron chi connectivity index (χ4n) is 3.29.